The highest BCUT2D eigenvalue weighted by Crippen LogP contribution is 2.37. The molecule has 1 atom stereocenters. The molecule has 1 amide bonds. The third kappa shape index (κ3) is 3.96. The zero-order valence-electron chi connectivity index (χ0n) is 15.3. The molecule has 0 fully saturated rings. The van der Waals surface area contributed by atoms with E-state index in [2.05, 4.69) is 17.4 Å². The summed E-state index contributed by atoms with van der Waals surface area (Å²) >= 11 is 6.34. The molecule has 3 rings (SSSR count). The van der Waals surface area contributed by atoms with Crippen LogP contribution < -0.4 is 14.8 Å². The van der Waals surface area contributed by atoms with Crippen LogP contribution in [0.1, 0.15) is 54.2 Å². The highest BCUT2D eigenvalue weighted by Gasteiger charge is 2.23. The van der Waals surface area contributed by atoms with E-state index in [1.54, 1.807) is 12.1 Å². The molecule has 1 aliphatic carbocycles. The third-order valence-corrected chi connectivity index (χ3v) is 4.80. The maximum absolute atomic E-state index is 12.8. The van der Waals surface area contributed by atoms with Crippen molar-refractivity contribution in [1.82, 2.24) is 5.32 Å². The third-order valence-electron chi connectivity index (χ3n) is 4.52. The van der Waals surface area contributed by atoms with Crippen LogP contribution in [0.15, 0.2) is 36.4 Å². The number of ether oxygens (including phenoxy) is 2. The first-order valence-corrected chi connectivity index (χ1v) is 9.30. The van der Waals surface area contributed by atoms with Gasteiger partial charge in [-0.3, -0.25) is 4.79 Å². The second-order valence-corrected chi connectivity index (χ2v) is 7.18. The number of methoxy groups -OCH3 is 1. The molecule has 0 aliphatic heterocycles. The van der Waals surface area contributed by atoms with E-state index in [0.717, 1.165) is 19.3 Å². The largest absolute Gasteiger partial charge is 0.493 e. The van der Waals surface area contributed by atoms with E-state index in [-0.39, 0.29) is 18.1 Å². The first kappa shape index (κ1) is 18.6. The Morgan fingerprint density at radius 2 is 2.04 bits per heavy atom. The average Bonchev–Trinajstić information content (AvgIpc) is 2.63. The molecule has 5 heteroatoms. The number of hydrogen-bond acceptors (Lipinski definition) is 3. The van der Waals surface area contributed by atoms with Gasteiger partial charge in [0, 0.05) is 5.56 Å². The normalized spacial score (nSPS) is 16.1. The van der Waals surface area contributed by atoms with Crippen LogP contribution in [0.4, 0.5) is 0 Å². The van der Waals surface area contributed by atoms with Crippen LogP contribution in [0.3, 0.4) is 0 Å². The van der Waals surface area contributed by atoms with Gasteiger partial charge in [0.25, 0.3) is 5.91 Å². The van der Waals surface area contributed by atoms with E-state index in [9.17, 15) is 4.79 Å². The van der Waals surface area contributed by atoms with Gasteiger partial charge in [-0.1, -0.05) is 35.9 Å². The second-order valence-electron chi connectivity index (χ2n) is 6.77. The Hall–Kier alpha value is -2.20. The number of halogens is 1. The Labute approximate surface area is 159 Å². The van der Waals surface area contributed by atoms with Gasteiger partial charge >= 0.3 is 0 Å². The lowest BCUT2D eigenvalue weighted by Gasteiger charge is -2.26. The average molecular weight is 374 g/mol. The number of carbonyl (C=O) groups is 1. The van der Waals surface area contributed by atoms with Gasteiger partial charge in [0.15, 0.2) is 11.5 Å². The van der Waals surface area contributed by atoms with Crippen molar-refractivity contribution in [2.75, 3.05) is 7.11 Å². The van der Waals surface area contributed by atoms with E-state index in [1.165, 1.54) is 18.2 Å². The van der Waals surface area contributed by atoms with Gasteiger partial charge in [0.2, 0.25) is 0 Å². The Kier molecular flexibility index (Phi) is 5.72. The summed E-state index contributed by atoms with van der Waals surface area (Å²) in [6.07, 6.45) is 3.01. The molecule has 0 saturated carbocycles. The van der Waals surface area contributed by atoms with Crippen molar-refractivity contribution in [3.8, 4) is 11.5 Å². The summed E-state index contributed by atoms with van der Waals surface area (Å²) in [5, 5.41) is 3.50. The molecule has 1 unspecified atom stereocenters. The molecular weight excluding hydrogens is 350 g/mol. The standard InChI is InChI=1S/C21H24ClNO3/c1-13(2)26-20-17(22)11-15(12-19(20)25-3)21(24)23-18-10-6-8-14-7-4-5-9-16(14)18/h4-5,7,9,11-13,18H,6,8,10H2,1-3H3,(H,23,24). The molecule has 0 radical (unpaired) electrons. The summed E-state index contributed by atoms with van der Waals surface area (Å²) in [4.78, 5) is 12.8. The van der Waals surface area contributed by atoms with Crippen molar-refractivity contribution in [1.29, 1.82) is 0 Å². The Bertz CT molecular complexity index is 804. The van der Waals surface area contributed by atoms with Crippen LogP contribution in [0.25, 0.3) is 0 Å². The summed E-state index contributed by atoms with van der Waals surface area (Å²) in [6, 6.07) is 11.6. The molecule has 0 bridgehead atoms. The van der Waals surface area contributed by atoms with Crippen molar-refractivity contribution in [3.05, 3.63) is 58.1 Å². The SMILES string of the molecule is COc1cc(C(=O)NC2CCCc3ccccc32)cc(Cl)c1OC(C)C. The van der Waals surface area contributed by atoms with Gasteiger partial charge in [-0.25, -0.2) is 0 Å². The van der Waals surface area contributed by atoms with Crippen molar-refractivity contribution in [3.63, 3.8) is 0 Å². The lowest BCUT2D eigenvalue weighted by atomic mass is 9.87. The number of hydrogen-bond donors (Lipinski definition) is 1. The van der Waals surface area contributed by atoms with Gasteiger partial charge in [-0.2, -0.15) is 0 Å². The molecule has 1 N–H and O–H groups in total. The minimum absolute atomic E-state index is 0.0174. The second kappa shape index (κ2) is 8.00. The minimum atomic E-state index is -0.164. The van der Waals surface area contributed by atoms with E-state index >= 15 is 0 Å². The molecule has 0 spiro atoms. The molecule has 2 aromatic carbocycles. The highest BCUT2D eigenvalue weighted by atomic mass is 35.5. The summed E-state index contributed by atoms with van der Waals surface area (Å²) in [5.74, 6) is 0.757. The number of fused-ring (bicyclic) bond motifs is 1. The highest BCUT2D eigenvalue weighted by molar-refractivity contribution is 6.32. The van der Waals surface area contributed by atoms with Crippen molar-refractivity contribution in [2.24, 2.45) is 0 Å². The Morgan fingerprint density at radius 3 is 2.77 bits per heavy atom. The number of benzene rings is 2. The number of carbonyl (C=O) groups excluding carboxylic acids is 1. The summed E-state index contributed by atoms with van der Waals surface area (Å²) < 4.78 is 11.1. The smallest absolute Gasteiger partial charge is 0.251 e. The van der Waals surface area contributed by atoms with Crippen LogP contribution in [-0.2, 0) is 6.42 Å². The Balaban J connectivity index is 1.84. The van der Waals surface area contributed by atoms with E-state index in [0.29, 0.717) is 22.1 Å². The van der Waals surface area contributed by atoms with Gasteiger partial charge in [-0.15, -0.1) is 0 Å². The fraction of sp³-hybridized carbons (Fsp3) is 0.381. The van der Waals surface area contributed by atoms with Crippen molar-refractivity contribution < 1.29 is 14.3 Å². The first-order chi connectivity index (χ1) is 12.5. The van der Waals surface area contributed by atoms with Crippen molar-refractivity contribution >= 4 is 17.5 Å². The fourth-order valence-corrected chi connectivity index (χ4v) is 3.60. The van der Waals surface area contributed by atoms with Gasteiger partial charge < -0.3 is 14.8 Å². The van der Waals surface area contributed by atoms with Crippen LogP contribution >= 0.6 is 11.6 Å². The molecular formula is C21H24ClNO3. The van der Waals surface area contributed by atoms with Gasteiger partial charge in [0.1, 0.15) is 0 Å². The summed E-state index contributed by atoms with van der Waals surface area (Å²) in [6.45, 7) is 3.83. The number of nitrogens with one attached hydrogen (secondary N) is 1. The van der Waals surface area contributed by atoms with Crippen LogP contribution in [-0.4, -0.2) is 19.1 Å². The van der Waals surface area contributed by atoms with E-state index in [1.807, 2.05) is 26.0 Å². The minimum Gasteiger partial charge on any atom is -0.493 e. The van der Waals surface area contributed by atoms with Crippen LogP contribution in [0.2, 0.25) is 5.02 Å². The molecule has 0 heterocycles. The molecule has 26 heavy (non-hydrogen) atoms. The lowest BCUT2D eigenvalue weighted by Crippen LogP contribution is -2.31. The molecule has 4 nitrogen and oxygen atoms in total. The molecule has 138 valence electrons. The predicted molar refractivity (Wildman–Crippen MR) is 103 cm³/mol. The van der Waals surface area contributed by atoms with Gasteiger partial charge in [0.05, 0.1) is 24.3 Å². The van der Waals surface area contributed by atoms with E-state index < -0.39 is 0 Å². The summed E-state index contributed by atoms with van der Waals surface area (Å²) in [5.41, 5.74) is 2.97. The molecule has 1 aliphatic rings. The zero-order chi connectivity index (χ0) is 18.7. The fourth-order valence-electron chi connectivity index (χ4n) is 3.35. The molecule has 0 aromatic heterocycles. The van der Waals surface area contributed by atoms with Crippen molar-refractivity contribution in [2.45, 2.75) is 45.3 Å². The topological polar surface area (TPSA) is 47.6 Å². The molecule has 0 saturated heterocycles. The maximum atomic E-state index is 12.8. The van der Waals surface area contributed by atoms with E-state index in [4.69, 9.17) is 21.1 Å². The monoisotopic (exact) mass is 373 g/mol. The summed E-state index contributed by atoms with van der Waals surface area (Å²) in [7, 11) is 1.54. The first-order valence-electron chi connectivity index (χ1n) is 8.92. The Morgan fingerprint density at radius 1 is 1.27 bits per heavy atom. The molecule has 2 aromatic rings. The lowest BCUT2D eigenvalue weighted by molar-refractivity contribution is 0.0932. The van der Waals surface area contributed by atoms with Crippen LogP contribution in [0.5, 0.6) is 11.5 Å². The zero-order valence-corrected chi connectivity index (χ0v) is 16.1. The number of aryl methyl sites for hydroxylation is 1. The van der Waals surface area contributed by atoms with Crippen LogP contribution in [0, 0.1) is 0 Å². The number of rotatable bonds is 5. The van der Waals surface area contributed by atoms with Gasteiger partial charge in [-0.05, 0) is 56.4 Å². The predicted octanol–water partition coefficient (Wildman–Crippen LogP) is 4.94. The number of amides is 1. The quantitative estimate of drug-likeness (QED) is 0.807. The maximum Gasteiger partial charge on any atom is 0.251 e.